The van der Waals surface area contributed by atoms with Crippen LogP contribution in [0.4, 0.5) is 5.69 Å². The van der Waals surface area contributed by atoms with E-state index in [2.05, 4.69) is 5.32 Å². The molecule has 0 saturated heterocycles. The summed E-state index contributed by atoms with van der Waals surface area (Å²) in [5.41, 5.74) is 0.594. The summed E-state index contributed by atoms with van der Waals surface area (Å²) in [6.07, 6.45) is 1.10. The SMILES string of the molecule is CCC(C)NC(=O)CCN(C(C)=O)c1cc(Cl)cc(Cl)c1. The minimum atomic E-state index is -0.162. The Hall–Kier alpha value is -1.26. The van der Waals surface area contributed by atoms with Crippen molar-refractivity contribution in [3.05, 3.63) is 28.2 Å². The van der Waals surface area contributed by atoms with Crippen LogP contribution in [0, 0.1) is 0 Å². The molecule has 0 aliphatic carbocycles. The van der Waals surface area contributed by atoms with Gasteiger partial charge in [-0.25, -0.2) is 0 Å². The van der Waals surface area contributed by atoms with Gasteiger partial charge in [0.1, 0.15) is 0 Å². The number of benzene rings is 1. The van der Waals surface area contributed by atoms with Crippen molar-refractivity contribution < 1.29 is 9.59 Å². The molecule has 1 aromatic carbocycles. The molecule has 6 heteroatoms. The molecule has 1 N–H and O–H groups in total. The van der Waals surface area contributed by atoms with Crippen molar-refractivity contribution in [3.63, 3.8) is 0 Å². The maximum atomic E-state index is 11.8. The maximum absolute atomic E-state index is 11.8. The van der Waals surface area contributed by atoms with Crippen LogP contribution in [0.2, 0.25) is 10.0 Å². The summed E-state index contributed by atoms with van der Waals surface area (Å²) in [7, 11) is 0. The fourth-order valence-corrected chi connectivity index (χ4v) is 2.34. The van der Waals surface area contributed by atoms with Crippen LogP contribution < -0.4 is 10.2 Å². The maximum Gasteiger partial charge on any atom is 0.223 e. The first-order chi connectivity index (χ1) is 9.83. The van der Waals surface area contributed by atoms with E-state index >= 15 is 0 Å². The van der Waals surface area contributed by atoms with Crippen molar-refractivity contribution in [1.29, 1.82) is 0 Å². The molecule has 0 fully saturated rings. The van der Waals surface area contributed by atoms with Gasteiger partial charge in [-0.2, -0.15) is 0 Å². The number of anilines is 1. The first-order valence-corrected chi connectivity index (χ1v) is 7.62. The third-order valence-electron chi connectivity index (χ3n) is 3.12. The van der Waals surface area contributed by atoms with Gasteiger partial charge in [0.05, 0.1) is 0 Å². The number of amides is 2. The number of hydrogen-bond donors (Lipinski definition) is 1. The molecule has 0 bridgehead atoms. The lowest BCUT2D eigenvalue weighted by molar-refractivity contribution is -0.121. The smallest absolute Gasteiger partial charge is 0.223 e. The Morgan fingerprint density at radius 3 is 2.29 bits per heavy atom. The van der Waals surface area contributed by atoms with Gasteiger partial charge in [0.2, 0.25) is 11.8 Å². The summed E-state index contributed by atoms with van der Waals surface area (Å²) >= 11 is 11.9. The van der Waals surface area contributed by atoms with Gasteiger partial charge in [-0.05, 0) is 31.5 Å². The first-order valence-electron chi connectivity index (χ1n) is 6.87. The van der Waals surface area contributed by atoms with Gasteiger partial charge in [0.25, 0.3) is 0 Å². The topological polar surface area (TPSA) is 49.4 Å². The largest absolute Gasteiger partial charge is 0.354 e. The number of hydrogen-bond acceptors (Lipinski definition) is 2. The zero-order valence-corrected chi connectivity index (χ0v) is 14.0. The molecule has 2 amide bonds. The molecular formula is C15H20Cl2N2O2. The molecule has 4 nitrogen and oxygen atoms in total. The summed E-state index contributed by atoms with van der Waals surface area (Å²) in [5, 5.41) is 3.77. The lowest BCUT2D eigenvalue weighted by Gasteiger charge is -2.22. The molecule has 1 aromatic rings. The minimum Gasteiger partial charge on any atom is -0.354 e. The fourth-order valence-electron chi connectivity index (χ4n) is 1.83. The van der Waals surface area contributed by atoms with E-state index in [1.54, 1.807) is 18.2 Å². The highest BCUT2D eigenvalue weighted by molar-refractivity contribution is 6.35. The number of nitrogens with one attached hydrogen (secondary N) is 1. The van der Waals surface area contributed by atoms with E-state index < -0.39 is 0 Å². The highest BCUT2D eigenvalue weighted by Gasteiger charge is 2.15. The molecule has 21 heavy (non-hydrogen) atoms. The molecule has 1 unspecified atom stereocenters. The molecule has 0 radical (unpaired) electrons. The molecule has 0 aliphatic rings. The average molecular weight is 331 g/mol. The molecule has 0 aliphatic heterocycles. The molecule has 1 atom stereocenters. The van der Waals surface area contributed by atoms with E-state index in [-0.39, 0.29) is 30.8 Å². The van der Waals surface area contributed by atoms with Crippen molar-refractivity contribution in [2.75, 3.05) is 11.4 Å². The predicted molar refractivity (Wildman–Crippen MR) is 87.0 cm³/mol. The van der Waals surface area contributed by atoms with Crippen molar-refractivity contribution in [1.82, 2.24) is 5.32 Å². The standard InChI is InChI=1S/C15H20Cl2N2O2/c1-4-10(2)18-15(21)5-6-19(11(3)20)14-8-12(16)7-13(17)9-14/h7-10H,4-6H2,1-3H3,(H,18,21). The monoisotopic (exact) mass is 330 g/mol. The van der Waals surface area contributed by atoms with E-state index in [0.717, 1.165) is 6.42 Å². The zero-order chi connectivity index (χ0) is 16.0. The van der Waals surface area contributed by atoms with Crippen LogP contribution in [-0.2, 0) is 9.59 Å². The van der Waals surface area contributed by atoms with E-state index in [4.69, 9.17) is 23.2 Å². The molecular weight excluding hydrogens is 311 g/mol. The van der Waals surface area contributed by atoms with Crippen LogP contribution in [0.25, 0.3) is 0 Å². The fraction of sp³-hybridized carbons (Fsp3) is 0.467. The number of halogens is 2. The van der Waals surface area contributed by atoms with E-state index in [9.17, 15) is 9.59 Å². The number of carbonyl (C=O) groups is 2. The summed E-state index contributed by atoms with van der Waals surface area (Å²) in [6, 6.07) is 5.03. The second-order valence-corrected chi connectivity index (χ2v) is 5.80. The van der Waals surface area contributed by atoms with Crippen molar-refractivity contribution in [3.8, 4) is 0 Å². The minimum absolute atomic E-state index is 0.0799. The summed E-state index contributed by atoms with van der Waals surface area (Å²) < 4.78 is 0. The number of nitrogens with zero attached hydrogens (tertiary/aromatic N) is 1. The molecule has 116 valence electrons. The second kappa shape index (κ2) is 8.25. The highest BCUT2D eigenvalue weighted by atomic mass is 35.5. The van der Waals surface area contributed by atoms with E-state index in [0.29, 0.717) is 15.7 Å². The van der Waals surface area contributed by atoms with Crippen LogP contribution in [0.15, 0.2) is 18.2 Å². The molecule has 0 saturated carbocycles. The van der Waals surface area contributed by atoms with Crippen LogP contribution >= 0.6 is 23.2 Å². The van der Waals surface area contributed by atoms with E-state index in [1.807, 2.05) is 13.8 Å². The highest BCUT2D eigenvalue weighted by Crippen LogP contribution is 2.25. The summed E-state index contributed by atoms with van der Waals surface area (Å²) in [5.74, 6) is -0.242. The van der Waals surface area contributed by atoms with Crippen LogP contribution in [0.3, 0.4) is 0 Å². The molecule has 0 spiro atoms. The number of rotatable bonds is 6. The quantitative estimate of drug-likeness (QED) is 0.865. The number of carbonyl (C=O) groups excluding carboxylic acids is 2. The van der Waals surface area contributed by atoms with Gasteiger partial charge in [-0.15, -0.1) is 0 Å². The Labute approximate surface area is 135 Å². The van der Waals surface area contributed by atoms with Crippen molar-refractivity contribution in [2.45, 2.75) is 39.7 Å². The Morgan fingerprint density at radius 1 is 1.24 bits per heavy atom. The lowest BCUT2D eigenvalue weighted by atomic mass is 10.2. The van der Waals surface area contributed by atoms with Gasteiger partial charge in [0.15, 0.2) is 0 Å². The summed E-state index contributed by atoms with van der Waals surface area (Å²) in [6.45, 7) is 5.67. The van der Waals surface area contributed by atoms with Crippen LogP contribution in [-0.4, -0.2) is 24.4 Å². The Kier molecular flexibility index (Phi) is 6.99. The zero-order valence-electron chi connectivity index (χ0n) is 12.5. The second-order valence-electron chi connectivity index (χ2n) is 4.93. The summed E-state index contributed by atoms with van der Waals surface area (Å²) in [4.78, 5) is 25.1. The predicted octanol–water partition coefficient (Wildman–Crippen LogP) is 3.65. The van der Waals surface area contributed by atoms with Crippen molar-refractivity contribution in [2.24, 2.45) is 0 Å². The first kappa shape index (κ1) is 17.8. The van der Waals surface area contributed by atoms with Gasteiger partial charge in [-0.3, -0.25) is 9.59 Å². The normalized spacial score (nSPS) is 11.9. The van der Waals surface area contributed by atoms with Crippen LogP contribution in [0.1, 0.15) is 33.6 Å². The van der Waals surface area contributed by atoms with Gasteiger partial charge < -0.3 is 10.2 Å². The Bertz CT molecular complexity index is 500. The van der Waals surface area contributed by atoms with Gasteiger partial charge in [-0.1, -0.05) is 30.1 Å². The lowest BCUT2D eigenvalue weighted by Crippen LogP contribution is -2.36. The van der Waals surface area contributed by atoms with Gasteiger partial charge >= 0.3 is 0 Å². The van der Waals surface area contributed by atoms with E-state index in [1.165, 1.54) is 11.8 Å². The third kappa shape index (κ3) is 5.94. The van der Waals surface area contributed by atoms with Gasteiger partial charge in [0, 0.05) is 41.7 Å². The van der Waals surface area contributed by atoms with Crippen LogP contribution in [0.5, 0.6) is 0 Å². The molecule has 0 heterocycles. The Morgan fingerprint density at radius 2 is 1.81 bits per heavy atom. The molecule has 0 aromatic heterocycles. The average Bonchev–Trinajstić information content (AvgIpc) is 2.37. The molecule has 1 rings (SSSR count). The Balaban J connectivity index is 2.75. The third-order valence-corrected chi connectivity index (χ3v) is 3.56. The van der Waals surface area contributed by atoms with Crippen molar-refractivity contribution >= 4 is 40.7 Å².